The van der Waals surface area contributed by atoms with Gasteiger partial charge < -0.3 is 10.2 Å². The molecule has 0 unspecified atom stereocenters. The Labute approximate surface area is 197 Å². The summed E-state index contributed by atoms with van der Waals surface area (Å²) in [6.07, 6.45) is 3.19. The van der Waals surface area contributed by atoms with Crippen molar-refractivity contribution in [3.63, 3.8) is 0 Å². The first-order valence-electron chi connectivity index (χ1n) is 12.2. The topological polar surface area (TPSA) is 90.0 Å². The van der Waals surface area contributed by atoms with E-state index >= 15 is 0 Å². The van der Waals surface area contributed by atoms with Crippen molar-refractivity contribution in [3.05, 3.63) is 29.8 Å². The minimum atomic E-state index is -2.88. The smallest absolute Gasteiger partial charge is 0.238 e. The Morgan fingerprint density at radius 2 is 1.70 bits per heavy atom. The zero-order valence-electron chi connectivity index (χ0n) is 19.5. The molecule has 3 fully saturated rings. The molecule has 1 N–H and O–H groups in total. The van der Waals surface area contributed by atoms with Crippen LogP contribution in [0.4, 0.5) is 5.69 Å². The predicted octanol–water partition coefficient (Wildman–Crippen LogP) is 1.23. The van der Waals surface area contributed by atoms with Crippen molar-refractivity contribution in [2.45, 2.75) is 38.6 Å². The molecular formula is C24H36N4O4S. The number of piperazine rings is 1. The number of carbonyl (C=O) groups is 2. The molecule has 3 saturated heterocycles. The van der Waals surface area contributed by atoms with E-state index in [4.69, 9.17) is 0 Å². The molecule has 3 aliphatic rings. The zero-order chi connectivity index (χ0) is 23.4. The SMILES string of the molecule is CCc1ccccc1NC(=O)CN1CCN(C(=O)C2CCN([C@@H]3CCS(=O)(=O)C3)CC2)CC1. The third-order valence-electron chi connectivity index (χ3n) is 7.33. The quantitative estimate of drug-likeness (QED) is 0.664. The summed E-state index contributed by atoms with van der Waals surface area (Å²) in [5.41, 5.74) is 2.00. The van der Waals surface area contributed by atoms with Crippen LogP contribution in [0.15, 0.2) is 24.3 Å². The number of nitrogens with zero attached hydrogens (tertiary/aromatic N) is 3. The van der Waals surface area contributed by atoms with Crippen LogP contribution in [0, 0.1) is 5.92 Å². The van der Waals surface area contributed by atoms with E-state index in [9.17, 15) is 18.0 Å². The van der Waals surface area contributed by atoms with Crippen molar-refractivity contribution in [3.8, 4) is 0 Å². The second-order valence-electron chi connectivity index (χ2n) is 9.53. The Bertz CT molecular complexity index is 951. The number of anilines is 1. The van der Waals surface area contributed by atoms with Gasteiger partial charge in [0.25, 0.3) is 0 Å². The van der Waals surface area contributed by atoms with Gasteiger partial charge >= 0.3 is 0 Å². The van der Waals surface area contributed by atoms with E-state index in [1.165, 1.54) is 0 Å². The number of carbonyl (C=O) groups excluding carboxylic acids is 2. The Balaban J connectivity index is 1.19. The van der Waals surface area contributed by atoms with E-state index in [-0.39, 0.29) is 29.5 Å². The third-order valence-corrected chi connectivity index (χ3v) is 9.08. The summed E-state index contributed by atoms with van der Waals surface area (Å²) in [5, 5.41) is 3.02. The summed E-state index contributed by atoms with van der Waals surface area (Å²) in [6.45, 7) is 6.72. The fourth-order valence-corrected chi connectivity index (χ4v) is 7.06. The second kappa shape index (κ2) is 10.5. The van der Waals surface area contributed by atoms with Crippen molar-refractivity contribution in [1.29, 1.82) is 0 Å². The van der Waals surface area contributed by atoms with Gasteiger partial charge in [0.15, 0.2) is 9.84 Å². The van der Waals surface area contributed by atoms with Gasteiger partial charge in [-0.15, -0.1) is 0 Å². The first-order valence-corrected chi connectivity index (χ1v) is 14.0. The number of piperidine rings is 1. The molecule has 2 amide bonds. The normalized spacial score (nSPS) is 24.6. The molecule has 1 aromatic rings. The number of hydrogen-bond donors (Lipinski definition) is 1. The van der Waals surface area contributed by atoms with Gasteiger partial charge in [-0.3, -0.25) is 19.4 Å². The number of sulfone groups is 1. The standard InChI is InChI=1S/C24H36N4O4S/c1-2-19-5-3-4-6-22(19)25-23(29)17-26-12-14-28(15-13-26)24(30)20-7-10-27(11-8-20)21-9-16-33(31,32)18-21/h3-6,20-21H,2,7-18H2,1H3,(H,25,29)/t21-/m1/s1. The number of aryl methyl sites for hydroxylation is 1. The van der Waals surface area contributed by atoms with Gasteiger partial charge in [0, 0.05) is 43.8 Å². The fourth-order valence-electron chi connectivity index (χ4n) is 5.30. The summed E-state index contributed by atoms with van der Waals surface area (Å²) in [7, 11) is -2.88. The number of amides is 2. The monoisotopic (exact) mass is 476 g/mol. The highest BCUT2D eigenvalue weighted by molar-refractivity contribution is 7.91. The van der Waals surface area contributed by atoms with Crippen LogP contribution >= 0.6 is 0 Å². The minimum absolute atomic E-state index is 0.0167. The molecule has 0 radical (unpaired) electrons. The fraction of sp³-hybridized carbons (Fsp3) is 0.667. The van der Waals surface area contributed by atoms with Crippen LogP contribution in [-0.2, 0) is 25.8 Å². The highest BCUT2D eigenvalue weighted by Crippen LogP contribution is 2.26. The summed E-state index contributed by atoms with van der Waals surface area (Å²) in [5.74, 6) is 0.793. The molecule has 1 aromatic carbocycles. The van der Waals surface area contributed by atoms with Gasteiger partial charge in [-0.2, -0.15) is 0 Å². The van der Waals surface area contributed by atoms with Crippen LogP contribution in [0.1, 0.15) is 31.7 Å². The van der Waals surface area contributed by atoms with Crippen LogP contribution < -0.4 is 5.32 Å². The van der Waals surface area contributed by atoms with E-state index in [0.29, 0.717) is 38.5 Å². The Morgan fingerprint density at radius 1 is 1.00 bits per heavy atom. The molecule has 0 bridgehead atoms. The van der Waals surface area contributed by atoms with Gasteiger partial charge in [0.05, 0.1) is 18.1 Å². The lowest BCUT2D eigenvalue weighted by Gasteiger charge is -2.39. The lowest BCUT2D eigenvalue weighted by molar-refractivity contribution is -0.139. The second-order valence-corrected chi connectivity index (χ2v) is 11.8. The molecule has 3 aliphatic heterocycles. The maximum absolute atomic E-state index is 13.0. The van der Waals surface area contributed by atoms with E-state index in [2.05, 4.69) is 22.0 Å². The largest absolute Gasteiger partial charge is 0.340 e. The molecule has 0 aromatic heterocycles. The average Bonchev–Trinajstić information content (AvgIpc) is 3.19. The number of rotatable bonds is 6. The van der Waals surface area contributed by atoms with E-state index in [1.807, 2.05) is 29.2 Å². The maximum atomic E-state index is 13.0. The number of nitrogens with one attached hydrogen (secondary N) is 1. The molecule has 1 atom stereocenters. The van der Waals surface area contributed by atoms with Crippen LogP contribution in [0.3, 0.4) is 0 Å². The molecule has 182 valence electrons. The van der Waals surface area contributed by atoms with Crippen molar-refractivity contribution in [2.75, 3.05) is 62.6 Å². The minimum Gasteiger partial charge on any atom is -0.340 e. The molecule has 3 heterocycles. The number of benzene rings is 1. The van der Waals surface area contributed by atoms with Gasteiger partial charge in [-0.05, 0) is 50.4 Å². The lowest BCUT2D eigenvalue weighted by Crippen LogP contribution is -2.53. The molecule has 8 nitrogen and oxygen atoms in total. The first-order chi connectivity index (χ1) is 15.8. The van der Waals surface area contributed by atoms with Crippen LogP contribution in [0.25, 0.3) is 0 Å². The van der Waals surface area contributed by atoms with Crippen molar-refractivity contribution < 1.29 is 18.0 Å². The molecule has 9 heteroatoms. The van der Waals surface area contributed by atoms with Crippen molar-refractivity contribution >= 4 is 27.3 Å². The predicted molar refractivity (Wildman–Crippen MR) is 129 cm³/mol. The Morgan fingerprint density at radius 3 is 2.33 bits per heavy atom. The average molecular weight is 477 g/mol. The van der Waals surface area contributed by atoms with E-state index < -0.39 is 9.84 Å². The maximum Gasteiger partial charge on any atom is 0.238 e. The first kappa shape index (κ1) is 24.2. The van der Waals surface area contributed by atoms with Crippen molar-refractivity contribution in [2.24, 2.45) is 5.92 Å². The third kappa shape index (κ3) is 6.13. The van der Waals surface area contributed by atoms with Gasteiger partial charge in [0.2, 0.25) is 11.8 Å². The number of hydrogen-bond acceptors (Lipinski definition) is 6. The lowest BCUT2D eigenvalue weighted by atomic mass is 9.94. The van der Waals surface area contributed by atoms with E-state index in [1.54, 1.807) is 0 Å². The van der Waals surface area contributed by atoms with E-state index in [0.717, 1.165) is 50.0 Å². The molecule has 0 aliphatic carbocycles. The molecule has 0 spiro atoms. The summed E-state index contributed by atoms with van der Waals surface area (Å²) in [6, 6.07) is 8.00. The van der Waals surface area contributed by atoms with Crippen LogP contribution in [0.5, 0.6) is 0 Å². The number of para-hydroxylation sites is 1. The number of likely N-dealkylation sites (tertiary alicyclic amines) is 1. The molecule has 4 rings (SSSR count). The highest BCUT2D eigenvalue weighted by atomic mass is 32.2. The summed E-state index contributed by atoms with van der Waals surface area (Å²) < 4.78 is 23.5. The van der Waals surface area contributed by atoms with Gasteiger partial charge in [-0.1, -0.05) is 25.1 Å². The zero-order valence-corrected chi connectivity index (χ0v) is 20.4. The van der Waals surface area contributed by atoms with Gasteiger partial charge in [0.1, 0.15) is 0 Å². The van der Waals surface area contributed by atoms with Crippen LogP contribution in [-0.4, -0.2) is 98.3 Å². The van der Waals surface area contributed by atoms with Crippen molar-refractivity contribution in [1.82, 2.24) is 14.7 Å². The highest BCUT2D eigenvalue weighted by Gasteiger charge is 2.36. The molecular weight excluding hydrogens is 440 g/mol. The summed E-state index contributed by atoms with van der Waals surface area (Å²) >= 11 is 0. The Hall–Kier alpha value is -1.97. The molecule has 0 saturated carbocycles. The Kier molecular flexibility index (Phi) is 7.71. The molecule has 33 heavy (non-hydrogen) atoms. The summed E-state index contributed by atoms with van der Waals surface area (Å²) in [4.78, 5) is 31.9. The van der Waals surface area contributed by atoms with Gasteiger partial charge in [-0.25, -0.2) is 8.42 Å². The van der Waals surface area contributed by atoms with Crippen LogP contribution in [0.2, 0.25) is 0 Å².